The van der Waals surface area contributed by atoms with Crippen molar-refractivity contribution in [3.63, 3.8) is 0 Å². The molecule has 0 fully saturated rings. The Labute approximate surface area is 175 Å². The predicted octanol–water partition coefficient (Wildman–Crippen LogP) is 2.63. The van der Waals surface area contributed by atoms with Gasteiger partial charge in [0, 0.05) is 12.8 Å². The molecular formula is C18H13F3N8OS. The van der Waals surface area contributed by atoms with Gasteiger partial charge in [-0.2, -0.15) is 23.5 Å². The number of hydrogen-bond donors (Lipinski definition) is 0. The molecule has 4 aromatic rings. The molecule has 1 atom stereocenters. The fourth-order valence-electron chi connectivity index (χ4n) is 3.06. The van der Waals surface area contributed by atoms with Gasteiger partial charge < -0.3 is 4.57 Å². The van der Waals surface area contributed by atoms with Crippen LogP contribution in [0.3, 0.4) is 0 Å². The zero-order valence-electron chi connectivity index (χ0n) is 16.1. The first kappa shape index (κ1) is 20.6. The van der Waals surface area contributed by atoms with E-state index in [0.717, 1.165) is 6.07 Å². The number of aryl methyl sites for hydroxylation is 1. The maximum absolute atomic E-state index is 13.2. The van der Waals surface area contributed by atoms with E-state index < -0.39 is 28.4 Å². The second-order valence-corrected chi connectivity index (χ2v) is 8.03. The van der Waals surface area contributed by atoms with E-state index in [9.17, 15) is 22.6 Å². The molecule has 13 heteroatoms. The minimum atomic E-state index is -4.74. The summed E-state index contributed by atoms with van der Waals surface area (Å²) >= 11 is 0. The molecule has 0 saturated carbocycles. The van der Waals surface area contributed by atoms with Gasteiger partial charge in [0.1, 0.15) is 35.6 Å². The zero-order valence-corrected chi connectivity index (χ0v) is 16.9. The summed E-state index contributed by atoms with van der Waals surface area (Å²) in [7, 11) is 0.0959. The van der Waals surface area contributed by atoms with Gasteiger partial charge in [-0.05, 0) is 18.2 Å². The minimum Gasteiger partial charge on any atom is -0.323 e. The SMILES string of the molecule is CCS(=O)c1ccc(-n2cncn2)nc1-c1nc2cc(C(F)(F)F)nc(C#N)c2n1C. The summed E-state index contributed by atoms with van der Waals surface area (Å²) in [5.41, 5.74) is -1.40. The van der Waals surface area contributed by atoms with Crippen LogP contribution in [0, 0.1) is 11.3 Å². The van der Waals surface area contributed by atoms with Gasteiger partial charge in [0.05, 0.1) is 21.2 Å². The fraction of sp³-hybridized carbons (Fsp3) is 0.222. The number of imidazole rings is 1. The molecular weight excluding hydrogens is 433 g/mol. The van der Waals surface area contributed by atoms with Crippen LogP contribution in [-0.2, 0) is 24.0 Å². The average molecular weight is 446 g/mol. The molecule has 4 aromatic heterocycles. The number of aromatic nitrogens is 7. The summed E-state index contributed by atoms with van der Waals surface area (Å²) < 4.78 is 55.1. The van der Waals surface area contributed by atoms with Crippen molar-refractivity contribution >= 4 is 21.8 Å². The van der Waals surface area contributed by atoms with Crippen LogP contribution in [0.4, 0.5) is 13.2 Å². The molecule has 0 N–H and O–H groups in total. The number of pyridine rings is 2. The average Bonchev–Trinajstić information content (AvgIpc) is 3.40. The van der Waals surface area contributed by atoms with Crippen LogP contribution in [0.5, 0.6) is 0 Å². The van der Waals surface area contributed by atoms with Crippen LogP contribution in [0.1, 0.15) is 18.3 Å². The Balaban J connectivity index is 2.02. The Hall–Kier alpha value is -3.66. The lowest BCUT2D eigenvalue weighted by atomic mass is 10.2. The quantitative estimate of drug-likeness (QED) is 0.473. The second kappa shape index (κ2) is 7.55. The number of rotatable bonds is 4. The van der Waals surface area contributed by atoms with Gasteiger partial charge in [-0.3, -0.25) is 4.21 Å². The van der Waals surface area contributed by atoms with Crippen LogP contribution in [0.25, 0.3) is 28.4 Å². The number of nitriles is 1. The van der Waals surface area contributed by atoms with E-state index in [4.69, 9.17) is 0 Å². The molecule has 0 aromatic carbocycles. The smallest absolute Gasteiger partial charge is 0.323 e. The second-order valence-electron chi connectivity index (χ2n) is 6.32. The number of fused-ring (bicyclic) bond motifs is 1. The van der Waals surface area contributed by atoms with Crippen molar-refractivity contribution in [1.29, 1.82) is 5.26 Å². The molecule has 158 valence electrons. The molecule has 0 aliphatic carbocycles. The van der Waals surface area contributed by atoms with Crippen LogP contribution >= 0.6 is 0 Å². The monoisotopic (exact) mass is 446 g/mol. The first-order valence-corrected chi connectivity index (χ1v) is 10.2. The molecule has 0 saturated heterocycles. The van der Waals surface area contributed by atoms with Crippen LogP contribution < -0.4 is 0 Å². The molecule has 9 nitrogen and oxygen atoms in total. The molecule has 0 radical (unpaired) electrons. The van der Waals surface area contributed by atoms with Crippen molar-refractivity contribution < 1.29 is 17.4 Å². The fourth-order valence-corrected chi connectivity index (χ4v) is 3.94. The summed E-state index contributed by atoms with van der Waals surface area (Å²) in [6, 6.07) is 5.68. The number of halogens is 3. The van der Waals surface area contributed by atoms with Crippen molar-refractivity contribution in [3.8, 4) is 23.4 Å². The topological polar surface area (TPSA) is 115 Å². The highest BCUT2D eigenvalue weighted by atomic mass is 32.2. The number of hydrogen-bond acceptors (Lipinski definition) is 7. The highest BCUT2D eigenvalue weighted by Crippen LogP contribution is 2.33. The van der Waals surface area contributed by atoms with Crippen molar-refractivity contribution in [2.45, 2.75) is 18.0 Å². The Morgan fingerprint density at radius 1 is 1.23 bits per heavy atom. The summed E-state index contributed by atoms with van der Waals surface area (Å²) in [5.74, 6) is 0.794. The lowest BCUT2D eigenvalue weighted by Gasteiger charge is -2.10. The maximum atomic E-state index is 13.2. The van der Waals surface area contributed by atoms with Crippen LogP contribution in [0.2, 0.25) is 0 Å². The Morgan fingerprint density at radius 2 is 2.00 bits per heavy atom. The molecule has 0 aliphatic rings. The van der Waals surface area contributed by atoms with Crippen molar-refractivity contribution in [2.75, 3.05) is 5.75 Å². The standard InChI is InChI=1S/C18H13F3N8OS/c1-3-31(30)12-4-5-14(29-9-23-8-24-29)27-15(12)17-26-10-6-13(18(19,20)21)25-11(7-22)16(10)28(17)2/h4-6,8-9H,3H2,1-2H3. The van der Waals surface area contributed by atoms with Gasteiger partial charge >= 0.3 is 6.18 Å². The van der Waals surface area contributed by atoms with Gasteiger partial charge in [-0.15, -0.1) is 0 Å². The molecule has 4 rings (SSSR count). The van der Waals surface area contributed by atoms with E-state index in [2.05, 4.69) is 25.0 Å². The predicted molar refractivity (Wildman–Crippen MR) is 103 cm³/mol. The van der Waals surface area contributed by atoms with E-state index in [-0.39, 0.29) is 22.6 Å². The largest absolute Gasteiger partial charge is 0.433 e. The van der Waals surface area contributed by atoms with Crippen molar-refractivity contribution in [3.05, 3.63) is 42.2 Å². The molecule has 0 spiro atoms. The zero-order chi connectivity index (χ0) is 22.3. The molecule has 4 heterocycles. The van der Waals surface area contributed by atoms with E-state index in [1.54, 1.807) is 25.1 Å². The maximum Gasteiger partial charge on any atom is 0.433 e. The third-order valence-electron chi connectivity index (χ3n) is 4.46. The van der Waals surface area contributed by atoms with E-state index >= 15 is 0 Å². The van der Waals surface area contributed by atoms with Crippen LogP contribution in [0.15, 0.2) is 35.7 Å². The minimum absolute atomic E-state index is 0.0717. The summed E-state index contributed by atoms with van der Waals surface area (Å²) in [5, 5.41) is 13.4. The third kappa shape index (κ3) is 3.55. The summed E-state index contributed by atoms with van der Waals surface area (Å²) in [4.78, 5) is 16.4. The van der Waals surface area contributed by atoms with Gasteiger partial charge in [0.2, 0.25) is 0 Å². The first-order chi connectivity index (χ1) is 14.7. The third-order valence-corrected chi connectivity index (χ3v) is 5.81. The van der Waals surface area contributed by atoms with Gasteiger partial charge in [-0.25, -0.2) is 24.6 Å². The van der Waals surface area contributed by atoms with Gasteiger partial charge in [0.25, 0.3) is 0 Å². The van der Waals surface area contributed by atoms with Gasteiger partial charge in [-0.1, -0.05) is 6.92 Å². The van der Waals surface area contributed by atoms with E-state index in [1.807, 2.05) is 0 Å². The summed E-state index contributed by atoms with van der Waals surface area (Å²) in [6.45, 7) is 1.73. The molecule has 1 unspecified atom stereocenters. The molecule has 0 bridgehead atoms. The Kier molecular flexibility index (Phi) is 5.02. The molecule has 31 heavy (non-hydrogen) atoms. The van der Waals surface area contributed by atoms with Gasteiger partial charge in [0.15, 0.2) is 17.3 Å². The molecule has 0 amide bonds. The van der Waals surface area contributed by atoms with Crippen molar-refractivity contribution in [2.24, 2.45) is 7.05 Å². The number of nitrogens with zero attached hydrogens (tertiary/aromatic N) is 8. The molecule has 0 aliphatic heterocycles. The van der Waals surface area contributed by atoms with E-state index in [1.165, 1.54) is 29.0 Å². The Morgan fingerprint density at radius 3 is 2.61 bits per heavy atom. The Bertz CT molecular complexity index is 1360. The van der Waals surface area contributed by atoms with Crippen LogP contribution in [-0.4, -0.2) is 44.2 Å². The highest BCUT2D eigenvalue weighted by molar-refractivity contribution is 7.85. The first-order valence-electron chi connectivity index (χ1n) is 8.84. The van der Waals surface area contributed by atoms with E-state index in [0.29, 0.717) is 16.5 Å². The normalized spacial score (nSPS) is 12.8. The highest BCUT2D eigenvalue weighted by Gasteiger charge is 2.34. The lowest BCUT2D eigenvalue weighted by Crippen LogP contribution is -2.09. The lowest BCUT2D eigenvalue weighted by molar-refractivity contribution is -0.141. The number of alkyl halides is 3. The van der Waals surface area contributed by atoms with Crippen molar-refractivity contribution in [1.82, 2.24) is 34.3 Å². The summed E-state index contributed by atoms with van der Waals surface area (Å²) in [6.07, 6.45) is -2.00.